The molecule has 0 saturated carbocycles. The molecular weight excluding hydrogens is 424 g/mol. The summed E-state index contributed by atoms with van der Waals surface area (Å²) in [5.41, 5.74) is 3.76. The van der Waals surface area contributed by atoms with E-state index in [2.05, 4.69) is 15.1 Å². The van der Waals surface area contributed by atoms with Crippen LogP contribution in [0, 0.1) is 0 Å². The first-order chi connectivity index (χ1) is 15.5. The lowest BCUT2D eigenvalue weighted by atomic mass is 9.91. The topological polar surface area (TPSA) is 78.4 Å². The molecule has 0 spiro atoms. The normalized spacial score (nSPS) is 15.8. The van der Waals surface area contributed by atoms with Crippen molar-refractivity contribution in [3.63, 3.8) is 0 Å². The minimum absolute atomic E-state index is 0.207. The third-order valence-corrected chi connectivity index (χ3v) is 5.82. The molecule has 0 radical (unpaired) electrons. The van der Waals surface area contributed by atoms with Crippen molar-refractivity contribution in [1.82, 2.24) is 15.0 Å². The third kappa shape index (κ3) is 3.48. The molecular formula is C25H19ClN4O2. The van der Waals surface area contributed by atoms with E-state index in [4.69, 9.17) is 11.6 Å². The molecule has 1 amide bonds. The van der Waals surface area contributed by atoms with Gasteiger partial charge in [-0.05, 0) is 29.8 Å². The van der Waals surface area contributed by atoms with Crippen LogP contribution in [0.15, 0.2) is 82.8 Å². The number of pyridine rings is 2. The molecule has 2 aromatic heterocycles. The summed E-state index contributed by atoms with van der Waals surface area (Å²) in [5.74, 6) is -0.207. The van der Waals surface area contributed by atoms with Crippen molar-refractivity contribution in [2.45, 2.75) is 19.4 Å². The maximum absolute atomic E-state index is 13.3. The lowest BCUT2D eigenvalue weighted by molar-refractivity contribution is -0.130. The van der Waals surface area contributed by atoms with Crippen molar-refractivity contribution in [3.8, 4) is 11.1 Å². The highest BCUT2D eigenvalue weighted by Gasteiger charge is 2.34. The minimum atomic E-state index is -0.368. The number of amides is 1. The van der Waals surface area contributed by atoms with Crippen LogP contribution in [0.25, 0.3) is 22.0 Å². The zero-order chi connectivity index (χ0) is 22.2. The molecule has 0 fully saturated rings. The molecule has 158 valence electrons. The van der Waals surface area contributed by atoms with E-state index < -0.39 is 0 Å². The number of hydrazone groups is 1. The fourth-order valence-corrected chi connectivity index (χ4v) is 4.38. The summed E-state index contributed by atoms with van der Waals surface area (Å²) < 4.78 is 0. The second kappa shape index (κ2) is 8.05. The van der Waals surface area contributed by atoms with Gasteiger partial charge in [0.2, 0.25) is 5.91 Å². The predicted molar refractivity (Wildman–Crippen MR) is 126 cm³/mol. The van der Waals surface area contributed by atoms with Gasteiger partial charge in [-0.2, -0.15) is 5.10 Å². The Hall–Kier alpha value is -3.77. The number of rotatable bonds is 3. The molecule has 4 aromatic rings. The number of nitrogens with one attached hydrogen (secondary N) is 1. The zero-order valence-electron chi connectivity index (χ0n) is 17.2. The van der Waals surface area contributed by atoms with Crippen LogP contribution in [0.3, 0.4) is 0 Å². The fraction of sp³-hybridized carbons (Fsp3) is 0.120. The van der Waals surface area contributed by atoms with E-state index in [1.54, 1.807) is 18.3 Å². The molecule has 5 rings (SSSR count). The van der Waals surface area contributed by atoms with E-state index in [0.717, 1.165) is 22.2 Å². The number of aromatic nitrogens is 2. The SMILES string of the molecule is CC(=O)N1N=C(c2c(-c3ccccc3)c3ccc(Cl)cc3[nH]c2=O)C[C@H]1c1ccccn1. The number of aromatic amines is 1. The van der Waals surface area contributed by atoms with Gasteiger partial charge in [-0.1, -0.05) is 54.1 Å². The van der Waals surface area contributed by atoms with Crippen LogP contribution in [0.4, 0.5) is 0 Å². The molecule has 1 N–H and O–H groups in total. The summed E-state index contributed by atoms with van der Waals surface area (Å²) in [5, 5.41) is 7.41. The monoisotopic (exact) mass is 442 g/mol. The van der Waals surface area contributed by atoms with Gasteiger partial charge in [-0.3, -0.25) is 14.6 Å². The summed E-state index contributed by atoms with van der Waals surface area (Å²) in [4.78, 5) is 33.1. The predicted octanol–water partition coefficient (Wildman–Crippen LogP) is 4.94. The van der Waals surface area contributed by atoms with Crippen LogP contribution in [-0.2, 0) is 4.79 Å². The number of carbonyl (C=O) groups is 1. The number of fused-ring (bicyclic) bond motifs is 1. The van der Waals surface area contributed by atoms with Crippen LogP contribution in [-0.4, -0.2) is 26.6 Å². The molecule has 0 saturated heterocycles. The van der Waals surface area contributed by atoms with Gasteiger partial charge < -0.3 is 4.98 Å². The Kier molecular flexibility index (Phi) is 5.07. The molecule has 1 aliphatic heterocycles. The molecule has 0 unspecified atom stereocenters. The third-order valence-electron chi connectivity index (χ3n) is 5.59. The second-order valence-electron chi connectivity index (χ2n) is 7.64. The minimum Gasteiger partial charge on any atom is -0.321 e. The molecule has 6 nitrogen and oxygen atoms in total. The molecule has 1 atom stereocenters. The van der Waals surface area contributed by atoms with E-state index in [1.807, 2.05) is 54.6 Å². The van der Waals surface area contributed by atoms with Gasteiger partial charge in [0, 0.05) is 35.5 Å². The van der Waals surface area contributed by atoms with E-state index in [0.29, 0.717) is 28.2 Å². The molecule has 2 aromatic carbocycles. The Labute approximate surface area is 189 Å². The van der Waals surface area contributed by atoms with Crippen LogP contribution >= 0.6 is 11.6 Å². The molecule has 0 bridgehead atoms. The van der Waals surface area contributed by atoms with Crippen molar-refractivity contribution >= 4 is 34.1 Å². The van der Waals surface area contributed by atoms with Crippen LogP contribution in [0.1, 0.15) is 30.6 Å². The zero-order valence-corrected chi connectivity index (χ0v) is 18.0. The van der Waals surface area contributed by atoms with Gasteiger partial charge in [-0.25, -0.2) is 5.01 Å². The number of H-pyrrole nitrogens is 1. The Morgan fingerprint density at radius 2 is 1.84 bits per heavy atom. The van der Waals surface area contributed by atoms with Gasteiger partial charge in [0.05, 0.1) is 22.5 Å². The quantitative estimate of drug-likeness (QED) is 0.488. The van der Waals surface area contributed by atoms with E-state index >= 15 is 0 Å². The molecule has 0 aliphatic carbocycles. The number of benzene rings is 2. The average Bonchev–Trinajstić information content (AvgIpc) is 3.24. The van der Waals surface area contributed by atoms with Crippen molar-refractivity contribution in [1.29, 1.82) is 0 Å². The van der Waals surface area contributed by atoms with Crippen LogP contribution in [0.5, 0.6) is 0 Å². The number of hydrogen-bond donors (Lipinski definition) is 1. The Balaban J connectivity index is 1.75. The Morgan fingerprint density at radius 1 is 1.06 bits per heavy atom. The first-order valence-electron chi connectivity index (χ1n) is 10.2. The van der Waals surface area contributed by atoms with E-state index in [-0.39, 0.29) is 17.5 Å². The van der Waals surface area contributed by atoms with Gasteiger partial charge in [-0.15, -0.1) is 0 Å². The van der Waals surface area contributed by atoms with Crippen molar-refractivity contribution < 1.29 is 4.79 Å². The van der Waals surface area contributed by atoms with Gasteiger partial charge in [0.1, 0.15) is 6.04 Å². The second-order valence-corrected chi connectivity index (χ2v) is 8.08. The van der Waals surface area contributed by atoms with E-state index in [9.17, 15) is 9.59 Å². The van der Waals surface area contributed by atoms with Crippen LogP contribution in [0.2, 0.25) is 5.02 Å². The summed E-state index contributed by atoms with van der Waals surface area (Å²) in [6.45, 7) is 1.47. The Morgan fingerprint density at radius 3 is 2.56 bits per heavy atom. The van der Waals surface area contributed by atoms with E-state index in [1.165, 1.54) is 11.9 Å². The van der Waals surface area contributed by atoms with Gasteiger partial charge in [0.15, 0.2) is 0 Å². The van der Waals surface area contributed by atoms with Crippen molar-refractivity contribution in [2.75, 3.05) is 0 Å². The van der Waals surface area contributed by atoms with Gasteiger partial charge >= 0.3 is 0 Å². The highest BCUT2D eigenvalue weighted by molar-refractivity contribution is 6.31. The maximum atomic E-state index is 13.3. The smallest absolute Gasteiger partial charge is 0.258 e. The molecule has 32 heavy (non-hydrogen) atoms. The summed E-state index contributed by atoms with van der Waals surface area (Å²) in [7, 11) is 0. The van der Waals surface area contributed by atoms with Crippen LogP contribution < -0.4 is 5.56 Å². The molecule has 1 aliphatic rings. The summed E-state index contributed by atoms with van der Waals surface area (Å²) in [6.07, 6.45) is 2.08. The standard InChI is InChI=1S/C25H19ClN4O2/c1-15(31)30-22(19-9-5-6-12-27-19)14-21(29-30)24-23(16-7-3-2-4-8-16)18-11-10-17(26)13-20(18)28-25(24)32/h2-13,22H,14H2,1H3,(H,28,32)/t22-/m0/s1. The number of halogens is 1. The fourth-order valence-electron chi connectivity index (χ4n) is 4.21. The summed E-state index contributed by atoms with van der Waals surface area (Å²) >= 11 is 6.18. The highest BCUT2D eigenvalue weighted by Crippen LogP contribution is 2.36. The van der Waals surface area contributed by atoms with Crippen molar-refractivity contribution in [2.24, 2.45) is 5.10 Å². The lowest BCUT2D eigenvalue weighted by Crippen LogP contribution is -2.24. The maximum Gasteiger partial charge on any atom is 0.258 e. The molecule has 7 heteroatoms. The van der Waals surface area contributed by atoms with Crippen molar-refractivity contribution in [3.05, 3.63) is 99.6 Å². The number of carbonyl (C=O) groups excluding carboxylic acids is 1. The number of nitrogens with zero attached hydrogens (tertiary/aromatic N) is 3. The Bertz CT molecular complexity index is 1410. The lowest BCUT2D eigenvalue weighted by Gasteiger charge is -2.19. The first kappa shape index (κ1) is 20.2. The average molecular weight is 443 g/mol. The van der Waals surface area contributed by atoms with Gasteiger partial charge in [0.25, 0.3) is 5.56 Å². The summed E-state index contributed by atoms with van der Waals surface area (Å²) in [6, 6.07) is 20.3. The molecule has 3 heterocycles. The first-order valence-corrected chi connectivity index (χ1v) is 10.6. The number of hydrogen-bond acceptors (Lipinski definition) is 4. The highest BCUT2D eigenvalue weighted by atomic mass is 35.5. The largest absolute Gasteiger partial charge is 0.321 e.